The lowest BCUT2D eigenvalue weighted by atomic mass is 10.1. The number of amides is 2. The van der Waals surface area contributed by atoms with Crippen molar-refractivity contribution in [2.75, 3.05) is 32.8 Å². The number of hydrogen-bond donors (Lipinski definition) is 1. The van der Waals surface area contributed by atoms with Crippen LogP contribution in [0.5, 0.6) is 5.75 Å². The van der Waals surface area contributed by atoms with Crippen LogP contribution < -0.4 is 10.1 Å². The fourth-order valence-electron chi connectivity index (χ4n) is 4.18. The van der Waals surface area contributed by atoms with Crippen LogP contribution in [0.4, 0.5) is 0 Å². The monoisotopic (exact) mass is 461 g/mol. The van der Waals surface area contributed by atoms with Gasteiger partial charge in [0.1, 0.15) is 11.4 Å². The molecule has 0 aliphatic carbocycles. The van der Waals surface area contributed by atoms with Crippen molar-refractivity contribution in [3.63, 3.8) is 0 Å². The number of fused-ring (bicyclic) bond motifs is 9. The van der Waals surface area contributed by atoms with Gasteiger partial charge in [0.15, 0.2) is 0 Å². The molecular formula is C25H27N5O4. The molecule has 2 aromatic carbocycles. The summed E-state index contributed by atoms with van der Waals surface area (Å²) in [5.41, 5.74) is 3.64. The van der Waals surface area contributed by atoms with Crippen molar-refractivity contribution < 1.29 is 19.1 Å². The predicted octanol–water partition coefficient (Wildman–Crippen LogP) is 2.31. The molecule has 8 bridgehead atoms. The Bertz CT molecular complexity index is 1210. The van der Waals surface area contributed by atoms with Crippen LogP contribution in [0, 0.1) is 6.92 Å². The molecule has 1 fully saturated rings. The molecule has 0 saturated carbocycles. The minimum absolute atomic E-state index is 0.0661. The second-order valence-corrected chi connectivity index (χ2v) is 8.58. The Balaban J connectivity index is 1.43. The lowest BCUT2D eigenvalue weighted by Gasteiger charge is -2.33. The van der Waals surface area contributed by atoms with Crippen LogP contribution in [-0.2, 0) is 11.3 Å². The molecule has 2 aliphatic rings. The van der Waals surface area contributed by atoms with Crippen LogP contribution in [-0.4, -0.2) is 70.7 Å². The summed E-state index contributed by atoms with van der Waals surface area (Å²) >= 11 is 0. The Kier molecular flexibility index (Phi) is 6.27. The second kappa shape index (κ2) is 9.64. The van der Waals surface area contributed by atoms with Crippen molar-refractivity contribution in [1.29, 1.82) is 0 Å². The van der Waals surface area contributed by atoms with E-state index in [-0.39, 0.29) is 17.9 Å². The molecule has 1 N–H and O–H groups in total. The summed E-state index contributed by atoms with van der Waals surface area (Å²) in [4.78, 5) is 27.7. The van der Waals surface area contributed by atoms with Crippen LogP contribution in [0.2, 0.25) is 0 Å². The van der Waals surface area contributed by atoms with Crippen molar-refractivity contribution in [2.24, 2.45) is 0 Å². The number of rotatable bonds is 0. The van der Waals surface area contributed by atoms with E-state index in [0.717, 1.165) is 23.2 Å². The Morgan fingerprint density at radius 3 is 2.82 bits per heavy atom. The van der Waals surface area contributed by atoms with Gasteiger partial charge in [-0.25, -0.2) is 0 Å². The number of hydrogen-bond acceptors (Lipinski definition) is 6. The highest BCUT2D eigenvalue weighted by atomic mass is 16.5. The summed E-state index contributed by atoms with van der Waals surface area (Å²) in [6.07, 6.45) is 2.32. The smallest absolute Gasteiger partial charge is 0.254 e. The first-order valence-electron chi connectivity index (χ1n) is 11.5. The summed E-state index contributed by atoms with van der Waals surface area (Å²) in [6, 6.07) is 12.9. The number of aromatic nitrogens is 3. The zero-order valence-corrected chi connectivity index (χ0v) is 19.1. The minimum Gasteiger partial charge on any atom is -0.493 e. The summed E-state index contributed by atoms with van der Waals surface area (Å²) < 4.78 is 13.5. The summed E-state index contributed by atoms with van der Waals surface area (Å²) in [7, 11) is 0. The minimum atomic E-state index is -0.281. The molecule has 9 heteroatoms. The molecule has 5 rings (SSSR count). The first-order chi connectivity index (χ1) is 16.6. The molecule has 2 aliphatic heterocycles. The molecule has 3 heterocycles. The van der Waals surface area contributed by atoms with E-state index in [1.807, 2.05) is 37.4 Å². The van der Waals surface area contributed by atoms with Crippen LogP contribution in [0.1, 0.15) is 32.7 Å². The average molecular weight is 462 g/mol. The van der Waals surface area contributed by atoms with Gasteiger partial charge in [0, 0.05) is 49.3 Å². The van der Waals surface area contributed by atoms with Crippen molar-refractivity contribution in [3.05, 3.63) is 65.4 Å². The maximum atomic E-state index is 13.2. The lowest BCUT2D eigenvalue weighted by Crippen LogP contribution is -2.49. The first-order valence-corrected chi connectivity index (χ1v) is 11.5. The fraction of sp³-hybridized carbons (Fsp3) is 0.360. The maximum Gasteiger partial charge on any atom is 0.254 e. The zero-order valence-electron chi connectivity index (χ0n) is 19.1. The van der Waals surface area contributed by atoms with Crippen molar-refractivity contribution in [3.8, 4) is 17.0 Å². The summed E-state index contributed by atoms with van der Waals surface area (Å²) in [5, 5.41) is 11.4. The third-order valence-electron chi connectivity index (χ3n) is 6.10. The number of carbonyl (C=O) groups excluding carboxylic acids is 2. The number of aryl methyl sites for hydroxylation is 2. The van der Waals surface area contributed by atoms with E-state index in [4.69, 9.17) is 9.47 Å². The number of morpholine rings is 1. The topological polar surface area (TPSA) is 98.6 Å². The summed E-state index contributed by atoms with van der Waals surface area (Å²) in [6.45, 7) is 4.72. The van der Waals surface area contributed by atoms with Gasteiger partial charge in [0.2, 0.25) is 0 Å². The molecule has 1 aromatic heterocycles. The normalized spacial score (nSPS) is 19.2. The third kappa shape index (κ3) is 4.79. The largest absolute Gasteiger partial charge is 0.493 e. The fourth-order valence-corrected chi connectivity index (χ4v) is 4.18. The molecule has 9 nitrogen and oxygen atoms in total. The van der Waals surface area contributed by atoms with Crippen LogP contribution in [0.3, 0.4) is 0 Å². The van der Waals surface area contributed by atoms with Gasteiger partial charge in [0.25, 0.3) is 11.8 Å². The van der Waals surface area contributed by atoms with Gasteiger partial charge in [-0.2, -0.15) is 0 Å². The van der Waals surface area contributed by atoms with Crippen LogP contribution in [0.25, 0.3) is 11.3 Å². The molecule has 0 spiro atoms. The van der Waals surface area contributed by atoms with Crippen LogP contribution in [0.15, 0.2) is 48.7 Å². The van der Waals surface area contributed by atoms with E-state index in [0.29, 0.717) is 56.3 Å². The van der Waals surface area contributed by atoms with E-state index in [2.05, 4.69) is 15.6 Å². The standard InChI is InChI=1S/C25H27N5O4/c1-17-6-7-19-13-23(17)34-10-3-8-30-16-22(27-28-30)18-4-2-5-20(12-18)25(32)29-9-11-33-21(15-29)14-26-24(19)31/h2,4-7,12-13,16,21H,3,8-11,14-15H2,1H3,(H,26,31). The van der Waals surface area contributed by atoms with E-state index in [1.54, 1.807) is 27.8 Å². The maximum absolute atomic E-state index is 13.2. The Morgan fingerprint density at radius 1 is 1.03 bits per heavy atom. The summed E-state index contributed by atoms with van der Waals surface area (Å²) in [5.74, 6) is 0.418. The highest BCUT2D eigenvalue weighted by Gasteiger charge is 2.26. The average Bonchev–Trinajstić information content (AvgIpc) is 3.34. The lowest BCUT2D eigenvalue weighted by molar-refractivity contribution is -0.0197. The molecule has 3 aromatic rings. The number of nitrogens with zero attached hydrogens (tertiary/aromatic N) is 4. The molecule has 1 atom stereocenters. The molecule has 34 heavy (non-hydrogen) atoms. The van der Waals surface area contributed by atoms with Gasteiger partial charge in [-0.3, -0.25) is 14.3 Å². The molecule has 1 saturated heterocycles. The van der Waals surface area contributed by atoms with Gasteiger partial charge in [-0.1, -0.05) is 23.4 Å². The Hall–Kier alpha value is -3.72. The number of ether oxygens (including phenoxy) is 2. The quantitative estimate of drug-likeness (QED) is 0.552. The van der Waals surface area contributed by atoms with E-state index >= 15 is 0 Å². The number of benzene rings is 2. The van der Waals surface area contributed by atoms with Crippen LogP contribution >= 0.6 is 0 Å². The van der Waals surface area contributed by atoms with E-state index in [1.165, 1.54) is 0 Å². The van der Waals surface area contributed by atoms with Crippen molar-refractivity contribution >= 4 is 11.8 Å². The highest BCUT2D eigenvalue weighted by molar-refractivity contribution is 5.96. The number of carbonyl (C=O) groups is 2. The van der Waals surface area contributed by atoms with E-state index < -0.39 is 0 Å². The van der Waals surface area contributed by atoms with Gasteiger partial charge >= 0.3 is 0 Å². The van der Waals surface area contributed by atoms with Gasteiger partial charge in [0.05, 0.1) is 25.5 Å². The SMILES string of the molecule is Cc1ccc2cc1OCCCn1cc(nn1)-c1cccc(c1)C(=O)N1CCOC(CNC2=O)C1. The predicted molar refractivity (Wildman–Crippen MR) is 125 cm³/mol. The Labute approximate surface area is 197 Å². The van der Waals surface area contributed by atoms with E-state index in [9.17, 15) is 9.59 Å². The zero-order chi connectivity index (χ0) is 23.5. The molecule has 0 radical (unpaired) electrons. The van der Waals surface area contributed by atoms with Crippen molar-refractivity contribution in [1.82, 2.24) is 25.2 Å². The van der Waals surface area contributed by atoms with Gasteiger partial charge in [-0.15, -0.1) is 5.10 Å². The molecule has 1 unspecified atom stereocenters. The van der Waals surface area contributed by atoms with Crippen molar-refractivity contribution in [2.45, 2.75) is 26.0 Å². The first kappa shape index (κ1) is 22.1. The molecule has 176 valence electrons. The van der Waals surface area contributed by atoms with Gasteiger partial charge in [-0.05, 0) is 36.8 Å². The molecule has 2 amide bonds. The molecular weight excluding hydrogens is 434 g/mol. The van der Waals surface area contributed by atoms with Gasteiger partial charge < -0.3 is 19.7 Å². The highest BCUT2D eigenvalue weighted by Crippen LogP contribution is 2.22. The third-order valence-corrected chi connectivity index (χ3v) is 6.10. The second-order valence-electron chi connectivity index (χ2n) is 8.58. The number of nitrogens with one attached hydrogen (secondary N) is 1. The Morgan fingerprint density at radius 2 is 1.91 bits per heavy atom.